The Labute approximate surface area is 183 Å². The molecule has 1 amide bonds. The number of alkyl carbamates (subject to hydrolysis) is 1. The van der Waals surface area contributed by atoms with Crippen LogP contribution in [0.25, 0.3) is 11.1 Å². The smallest absolute Gasteiger partial charge is 0.407 e. The van der Waals surface area contributed by atoms with Gasteiger partial charge in [-0.1, -0.05) is 60.7 Å². The standard InChI is InChI=1S/C24H20N2O6/c27-23(28)13-22(15-9-11-16(12-10-15)26(30)31)25-24(29)32-14-21-19-7-3-1-5-17(19)18-6-2-4-8-20(18)21/h1-12,21-22H,13-14H2,(H,25,29)(H,27,28)/p-1/t22-/m0/s1. The third-order valence-corrected chi connectivity index (χ3v) is 5.51. The summed E-state index contributed by atoms with van der Waals surface area (Å²) < 4.78 is 5.46. The summed E-state index contributed by atoms with van der Waals surface area (Å²) >= 11 is 0. The number of non-ortho nitro benzene ring substituents is 1. The average Bonchev–Trinajstić information content (AvgIpc) is 3.11. The van der Waals surface area contributed by atoms with Gasteiger partial charge in [-0.3, -0.25) is 10.1 Å². The Morgan fingerprint density at radius 1 is 0.938 bits per heavy atom. The van der Waals surface area contributed by atoms with Crippen molar-refractivity contribution in [2.45, 2.75) is 18.4 Å². The first kappa shape index (κ1) is 21.0. The molecular weight excluding hydrogens is 412 g/mol. The molecule has 0 radical (unpaired) electrons. The Kier molecular flexibility index (Phi) is 5.85. The van der Waals surface area contributed by atoms with E-state index in [4.69, 9.17) is 4.74 Å². The Balaban J connectivity index is 1.47. The fourth-order valence-corrected chi connectivity index (χ4v) is 4.03. The number of amides is 1. The molecule has 0 bridgehead atoms. The minimum atomic E-state index is -1.37. The van der Waals surface area contributed by atoms with E-state index in [9.17, 15) is 24.8 Å². The van der Waals surface area contributed by atoms with E-state index >= 15 is 0 Å². The van der Waals surface area contributed by atoms with Crippen molar-refractivity contribution in [1.82, 2.24) is 5.32 Å². The van der Waals surface area contributed by atoms with Gasteiger partial charge in [-0.05, 0) is 27.8 Å². The summed E-state index contributed by atoms with van der Waals surface area (Å²) in [5.74, 6) is -1.50. The van der Waals surface area contributed by atoms with Gasteiger partial charge in [0.2, 0.25) is 0 Å². The molecule has 0 unspecified atom stereocenters. The van der Waals surface area contributed by atoms with Gasteiger partial charge in [-0.15, -0.1) is 0 Å². The Bertz CT molecular complexity index is 1130. The van der Waals surface area contributed by atoms with Crippen molar-refractivity contribution in [2.75, 3.05) is 6.61 Å². The molecule has 8 nitrogen and oxygen atoms in total. The van der Waals surface area contributed by atoms with Crippen LogP contribution in [0.5, 0.6) is 0 Å². The molecule has 1 N–H and O–H groups in total. The van der Waals surface area contributed by atoms with Crippen LogP contribution < -0.4 is 10.4 Å². The first-order valence-corrected chi connectivity index (χ1v) is 9.99. The molecule has 0 spiro atoms. The summed E-state index contributed by atoms with van der Waals surface area (Å²) in [6.45, 7) is 0.0815. The molecule has 1 aliphatic carbocycles. The zero-order valence-corrected chi connectivity index (χ0v) is 16.9. The van der Waals surface area contributed by atoms with Crippen molar-refractivity contribution in [3.63, 3.8) is 0 Å². The Hall–Kier alpha value is -4.20. The average molecular weight is 431 g/mol. The van der Waals surface area contributed by atoms with Crippen molar-refractivity contribution in [3.05, 3.63) is 99.6 Å². The van der Waals surface area contributed by atoms with Crippen molar-refractivity contribution < 1.29 is 24.4 Å². The lowest BCUT2D eigenvalue weighted by molar-refractivity contribution is -0.384. The second-order valence-corrected chi connectivity index (χ2v) is 7.45. The lowest BCUT2D eigenvalue weighted by atomic mass is 9.98. The molecule has 4 rings (SSSR count). The monoisotopic (exact) mass is 431 g/mol. The van der Waals surface area contributed by atoms with Gasteiger partial charge in [0.25, 0.3) is 5.69 Å². The lowest BCUT2D eigenvalue weighted by Crippen LogP contribution is -2.35. The number of aliphatic carboxylic acids is 1. The number of ether oxygens (including phenoxy) is 1. The minimum Gasteiger partial charge on any atom is -0.550 e. The van der Waals surface area contributed by atoms with Crippen molar-refractivity contribution in [1.29, 1.82) is 0 Å². The van der Waals surface area contributed by atoms with Crippen LogP contribution in [0.15, 0.2) is 72.8 Å². The largest absolute Gasteiger partial charge is 0.550 e. The maximum Gasteiger partial charge on any atom is 0.407 e. The topological polar surface area (TPSA) is 122 Å². The van der Waals surface area contributed by atoms with Crippen LogP contribution in [-0.4, -0.2) is 23.6 Å². The van der Waals surface area contributed by atoms with E-state index in [0.29, 0.717) is 5.56 Å². The molecule has 1 aliphatic rings. The summed E-state index contributed by atoms with van der Waals surface area (Å²) in [6, 6.07) is 20.2. The molecule has 1 atom stereocenters. The third kappa shape index (κ3) is 4.29. The molecule has 3 aromatic carbocycles. The number of carbonyl (C=O) groups excluding carboxylic acids is 2. The van der Waals surface area contributed by atoms with Crippen molar-refractivity contribution in [2.24, 2.45) is 0 Å². The van der Waals surface area contributed by atoms with E-state index in [2.05, 4.69) is 5.32 Å². The number of benzene rings is 3. The molecule has 0 fully saturated rings. The summed E-state index contributed by atoms with van der Waals surface area (Å²) in [6.07, 6.45) is -1.28. The molecule has 8 heteroatoms. The molecular formula is C24H19N2O6-. The zero-order valence-electron chi connectivity index (χ0n) is 16.9. The van der Waals surface area contributed by atoms with Crippen molar-refractivity contribution >= 4 is 17.7 Å². The van der Waals surface area contributed by atoms with Gasteiger partial charge in [-0.2, -0.15) is 0 Å². The quantitative estimate of drug-likeness (QED) is 0.452. The van der Waals surface area contributed by atoms with E-state index in [1.54, 1.807) is 0 Å². The van der Waals surface area contributed by atoms with Gasteiger partial charge < -0.3 is 20.0 Å². The number of hydrogen-bond acceptors (Lipinski definition) is 6. The second-order valence-electron chi connectivity index (χ2n) is 7.45. The van der Waals surface area contributed by atoms with E-state index in [-0.39, 0.29) is 18.2 Å². The first-order chi connectivity index (χ1) is 15.4. The predicted molar refractivity (Wildman–Crippen MR) is 114 cm³/mol. The number of fused-ring (bicyclic) bond motifs is 3. The minimum absolute atomic E-state index is 0.0815. The number of nitro benzene ring substituents is 1. The SMILES string of the molecule is O=C([O-])C[C@H](NC(=O)OCC1c2ccccc2-c2ccccc21)c1ccc([N+](=O)[O-])cc1. The number of carbonyl (C=O) groups is 2. The molecule has 162 valence electrons. The maximum absolute atomic E-state index is 12.5. The van der Waals surface area contributed by atoms with Crippen molar-refractivity contribution in [3.8, 4) is 11.1 Å². The summed E-state index contributed by atoms with van der Waals surface area (Å²) in [5, 5.41) is 24.5. The van der Waals surface area contributed by atoms with Gasteiger partial charge in [0.15, 0.2) is 0 Å². The molecule has 0 aromatic heterocycles. The van der Waals surface area contributed by atoms with Gasteiger partial charge in [-0.25, -0.2) is 4.79 Å². The Morgan fingerprint density at radius 3 is 2.03 bits per heavy atom. The second kappa shape index (κ2) is 8.89. The number of hydrogen-bond donors (Lipinski definition) is 1. The highest BCUT2D eigenvalue weighted by molar-refractivity contribution is 5.79. The van der Waals surface area contributed by atoms with Crippen LogP contribution in [0.4, 0.5) is 10.5 Å². The third-order valence-electron chi connectivity index (χ3n) is 5.51. The number of nitrogens with zero attached hydrogens (tertiary/aromatic N) is 1. The predicted octanol–water partition coefficient (Wildman–Crippen LogP) is 3.31. The number of carboxylic acids is 1. The number of carboxylic acid groups (broad SMARTS) is 1. The summed E-state index contributed by atoms with van der Waals surface area (Å²) in [5.41, 5.74) is 4.57. The lowest BCUT2D eigenvalue weighted by Gasteiger charge is -2.21. The maximum atomic E-state index is 12.5. The summed E-state index contributed by atoms with van der Waals surface area (Å²) in [7, 11) is 0. The molecule has 0 saturated heterocycles. The normalized spacial score (nSPS) is 13.0. The highest BCUT2D eigenvalue weighted by Crippen LogP contribution is 2.44. The number of nitro groups is 1. The van der Waals surface area contributed by atoms with Crippen LogP contribution in [0.3, 0.4) is 0 Å². The molecule has 32 heavy (non-hydrogen) atoms. The molecule has 0 heterocycles. The highest BCUT2D eigenvalue weighted by atomic mass is 16.6. The van der Waals surface area contributed by atoms with Crippen LogP contribution in [0.2, 0.25) is 0 Å². The summed E-state index contributed by atoms with van der Waals surface area (Å²) in [4.78, 5) is 34.0. The molecule has 0 aliphatic heterocycles. The zero-order chi connectivity index (χ0) is 22.7. The van der Waals surface area contributed by atoms with E-state index in [1.807, 2.05) is 48.5 Å². The van der Waals surface area contributed by atoms with Gasteiger partial charge in [0.05, 0.1) is 11.0 Å². The molecule has 0 saturated carbocycles. The highest BCUT2D eigenvalue weighted by Gasteiger charge is 2.29. The number of nitrogens with one attached hydrogen (secondary N) is 1. The van der Waals surface area contributed by atoms with Crippen LogP contribution >= 0.6 is 0 Å². The van der Waals surface area contributed by atoms with E-state index in [1.165, 1.54) is 24.3 Å². The Morgan fingerprint density at radius 2 is 1.50 bits per heavy atom. The molecule has 3 aromatic rings. The fraction of sp³-hybridized carbons (Fsp3) is 0.167. The van der Waals surface area contributed by atoms with Gasteiger partial charge in [0, 0.05) is 30.4 Å². The van der Waals surface area contributed by atoms with Crippen LogP contribution in [0.1, 0.15) is 35.1 Å². The van der Waals surface area contributed by atoms with Crippen LogP contribution in [0, 0.1) is 10.1 Å². The first-order valence-electron chi connectivity index (χ1n) is 9.99. The number of rotatable bonds is 7. The van der Waals surface area contributed by atoms with E-state index in [0.717, 1.165) is 22.3 Å². The fourth-order valence-electron chi connectivity index (χ4n) is 4.03. The van der Waals surface area contributed by atoms with Gasteiger partial charge in [0.1, 0.15) is 6.61 Å². The van der Waals surface area contributed by atoms with Crippen LogP contribution in [-0.2, 0) is 9.53 Å². The van der Waals surface area contributed by atoms with E-state index < -0.39 is 29.4 Å². The van der Waals surface area contributed by atoms with Gasteiger partial charge >= 0.3 is 6.09 Å².